The number of rotatable bonds is 4. The summed E-state index contributed by atoms with van der Waals surface area (Å²) in [5, 5.41) is 13.8. The molecule has 0 fully saturated rings. The Kier molecular flexibility index (Phi) is 3.97. The van der Waals surface area contributed by atoms with Crippen molar-refractivity contribution in [3.05, 3.63) is 76.6 Å². The van der Waals surface area contributed by atoms with Crippen LogP contribution in [0.15, 0.2) is 60.8 Å². The third-order valence-corrected chi connectivity index (χ3v) is 3.30. The summed E-state index contributed by atoms with van der Waals surface area (Å²) in [6.45, 7) is 1.93. The lowest BCUT2D eigenvalue weighted by Gasteiger charge is -2.07. The topological polar surface area (TPSA) is 81.0 Å². The first-order chi connectivity index (χ1) is 11.1. The van der Waals surface area contributed by atoms with Crippen molar-refractivity contribution in [3.63, 3.8) is 0 Å². The Morgan fingerprint density at radius 1 is 0.957 bits per heavy atom. The highest BCUT2D eigenvalue weighted by Crippen LogP contribution is 2.22. The fraction of sp³-hybridized carbons (Fsp3) is 0.0588. The van der Waals surface area contributed by atoms with Gasteiger partial charge >= 0.3 is 0 Å². The minimum absolute atomic E-state index is 0.0718. The van der Waals surface area contributed by atoms with Gasteiger partial charge in [-0.1, -0.05) is 0 Å². The number of nitrogens with zero attached hydrogens (tertiary/aromatic N) is 3. The SMILES string of the molecule is Cc1ccnc(-c2ccc(Nc3ccc([N+](=O)[O-])cc3)cc2)n1. The molecule has 3 aromatic rings. The lowest BCUT2D eigenvalue weighted by atomic mass is 10.2. The van der Waals surface area contributed by atoms with Gasteiger partial charge in [0, 0.05) is 41.0 Å². The quantitative estimate of drug-likeness (QED) is 0.579. The molecule has 0 saturated heterocycles. The van der Waals surface area contributed by atoms with Gasteiger partial charge in [-0.3, -0.25) is 10.1 Å². The average molecular weight is 306 g/mol. The van der Waals surface area contributed by atoms with Gasteiger partial charge in [-0.2, -0.15) is 0 Å². The summed E-state index contributed by atoms with van der Waals surface area (Å²) in [5.74, 6) is 0.687. The van der Waals surface area contributed by atoms with E-state index in [2.05, 4.69) is 15.3 Å². The van der Waals surface area contributed by atoms with Crippen LogP contribution in [0.5, 0.6) is 0 Å². The van der Waals surface area contributed by atoms with Crippen LogP contribution in [-0.2, 0) is 0 Å². The lowest BCUT2D eigenvalue weighted by Crippen LogP contribution is -1.93. The summed E-state index contributed by atoms with van der Waals surface area (Å²) in [7, 11) is 0. The molecule has 1 heterocycles. The molecule has 0 unspecified atom stereocenters. The Hall–Kier alpha value is -3.28. The van der Waals surface area contributed by atoms with Gasteiger partial charge in [0.1, 0.15) is 0 Å². The number of non-ortho nitro benzene ring substituents is 1. The van der Waals surface area contributed by atoms with Gasteiger partial charge in [-0.05, 0) is 49.4 Å². The molecule has 2 aromatic carbocycles. The van der Waals surface area contributed by atoms with Crippen LogP contribution >= 0.6 is 0 Å². The highest BCUT2D eigenvalue weighted by molar-refractivity contribution is 5.65. The Morgan fingerprint density at radius 2 is 1.57 bits per heavy atom. The van der Waals surface area contributed by atoms with Crippen LogP contribution < -0.4 is 5.32 Å². The average Bonchev–Trinajstić information content (AvgIpc) is 2.56. The van der Waals surface area contributed by atoms with Gasteiger partial charge < -0.3 is 5.32 Å². The van der Waals surface area contributed by atoms with Crippen molar-refractivity contribution in [2.45, 2.75) is 6.92 Å². The summed E-state index contributed by atoms with van der Waals surface area (Å²) in [6.07, 6.45) is 1.74. The van der Waals surface area contributed by atoms with Crippen molar-refractivity contribution in [2.75, 3.05) is 5.32 Å². The summed E-state index contributed by atoms with van der Waals surface area (Å²) in [5.41, 5.74) is 3.60. The largest absolute Gasteiger partial charge is 0.356 e. The summed E-state index contributed by atoms with van der Waals surface area (Å²) >= 11 is 0. The molecule has 114 valence electrons. The van der Waals surface area contributed by atoms with Crippen LogP contribution in [-0.4, -0.2) is 14.9 Å². The summed E-state index contributed by atoms with van der Waals surface area (Å²) in [4.78, 5) is 18.9. The fourth-order valence-corrected chi connectivity index (χ4v) is 2.12. The monoisotopic (exact) mass is 306 g/mol. The predicted octanol–water partition coefficient (Wildman–Crippen LogP) is 4.10. The molecule has 3 rings (SSSR count). The molecule has 0 radical (unpaired) electrons. The Labute approximate surface area is 133 Å². The first-order valence-electron chi connectivity index (χ1n) is 7.03. The predicted molar refractivity (Wildman–Crippen MR) is 88.6 cm³/mol. The van der Waals surface area contributed by atoms with Crippen molar-refractivity contribution >= 4 is 17.1 Å². The van der Waals surface area contributed by atoms with E-state index in [0.29, 0.717) is 5.82 Å². The van der Waals surface area contributed by atoms with Crippen molar-refractivity contribution in [3.8, 4) is 11.4 Å². The Morgan fingerprint density at radius 3 is 2.13 bits per heavy atom. The van der Waals surface area contributed by atoms with Crippen LogP contribution in [0.1, 0.15) is 5.69 Å². The van der Waals surface area contributed by atoms with E-state index < -0.39 is 4.92 Å². The molecule has 0 aliphatic carbocycles. The second kappa shape index (κ2) is 6.23. The molecule has 0 bridgehead atoms. The number of nitro benzene ring substituents is 1. The molecule has 1 aromatic heterocycles. The first kappa shape index (κ1) is 14.6. The number of nitrogens with one attached hydrogen (secondary N) is 1. The maximum absolute atomic E-state index is 10.6. The number of nitro groups is 1. The van der Waals surface area contributed by atoms with Crippen LogP contribution in [0.4, 0.5) is 17.1 Å². The van der Waals surface area contributed by atoms with E-state index in [1.165, 1.54) is 12.1 Å². The molecule has 23 heavy (non-hydrogen) atoms. The van der Waals surface area contributed by atoms with Crippen LogP contribution in [0, 0.1) is 17.0 Å². The van der Waals surface area contributed by atoms with Gasteiger partial charge in [0.25, 0.3) is 5.69 Å². The molecule has 0 aliphatic rings. The number of anilines is 2. The van der Waals surface area contributed by atoms with Crippen LogP contribution in [0.3, 0.4) is 0 Å². The number of benzene rings is 2. The number of hydrogen-bond acceptors (Lipinski definition) is 5. The van der Waals surface area contributed by atoms with Crippen molar-refractivity contribution in [1.82, 2.24) is 9.97 Å². The number of aryl methyl sites for hydroxylation is 1. The minimum Gasteiger partial charge on any atom is -0.356 e. The third-order valence-electron chi connectivity index (χ3n) is 3.30. The first-order valence-corrected chi connectivity index (χ1v) is 7.03. The molecule has 0 atom stereocenters. The minimum atomic E-state index is -0.416. The summed E-state index contributed by atoms with van der Waals surface area (Å²) < 4.78 is 0. The standard InChI is InChI=1S/C17H14N4O2/c1-12-10-11-18-17(19-12)13-2-4-14(5-3-13)20-15-6-8-16(9-7-15)21(22)23/h2-11,20H,1H3. The van der Waals surface area contributed by atoms with Crippen molar-refractivity contribution < 1.29 is 4.92 Å². The van der Waals surface area contributed by atoms with E-state index in [1.807, 2.05) is 37.3 Å². The third kappa shape index (κ3) is 3.49. The van der Waals surface area contributed by atoms with Crippen molar-refractivity contribution in [1.29, 1.82) is 0 Å². The second-order valence-corrected chi connectivity index (χ2v) is 5.03. The second-order valence-electron chi connectivity index (χ2n) is 5.03. The normalized spacial score (nSPS) is 10.3. The van der Waals surface area contributed by atoms with E-state index in [1.54, 1.807) is 18.3 Å². The van der Waals surface area contributed by atoms with Gasteiger partial charge in [0.2, 0.25) is 0 Å². The molecule has 0 aliphatic heterocycles. The maximum atomic E-state index is 10.6. The molecular formula is C17H14N4O2. The molecule has 1 N–H and O–H groups in total. The molecule has 0 amide bonds. The zero-order valence-corrected chi connectivity index (χ0v) is 12.4. The van der Waals surface area contributed by atoms with E-state index in [0.717, 1.165) is 22.6 Å². The lowest BCUT2D eigenvalue weighted by molar-refractivity contribution is -0.384. The molecule has 0 spiro atoms. The highest BCUT2D eigenvalue weighted by Gasteiger charge is 2.05. The van der Waals surface area contributed by atoms with E-state index in [4.69, 9.17) is 0 Å². The molecular weight excluding hydrogens is 292 g/mol. The maximum Gasteiger partial charge on any atom is 0.269 e. The van der Waals surface area contributed by atoms with Crippen LogP contribution in [0.25, 0.3) is 11.4 Å². The molecule has 6 heteroatoms. The number of aromatic nitrogens is 2. The summed E-state index contributed by atoms with van der Waals surface area (Å²) in [6, 6.07) is 15.9. The van der Waals surface area contributed by atoms with E-state index in [-0.39, 0.29) is 5.69 Å². The Bertz CT molecular complexity index is 830. The number of hydrogen-bond donors (Lipinski definition) is 1. The zero-order valence-electron chi connectivity index (χ0n) is 12.4. The fourth-order valence-electron chi connectivity index (χ4n) is 2.12. The van der Waals surface area contributed by atoms with Gasteiger partial charge in [-0.25, -0.2) is 9.97 Å². The van der Waals surface area contributed by atoms with E-state index in [9.17, 15) is 10.1 Å². The molecule has 0 saturated carbocycles. The highest BCUT2D eigenvalue weighted by atomic mass is 16.6. The van der Waals surface area contributed by atoms with Gasteiger partial charge in [0.05, 0.1) is 4.92 Å². The zero-order chi connectivity index (χ0) is 16.2. The Balaban J connectivity index is 1.76. The smallest absolute Gasteiger partial charge is 0.269 e. The van der Waals surface area contributed by atoms with E-state index >= 15 is 0 Å². The van der Waals surface area contributed by atoms with Gasteiger partial charge in [0.15, 0.2) is 5.82 Å². The van der Waals surface area contributed by atoms with Gasteiger partial charge in [-0.15, -0.1) is 0 Å². The van der Waals surface area contributed by atoms with Crippen molar-refractivity contribution in [2.24, 2.45) is 0 Å². The molecule has 6 nitrogen and oxygen atoms in total. The van der Waals surface area contributed by atoms with Crippen LogP contribution in [0.2, 0.25) is 0 Å².